The molecule has 1 saturated carbocycles. The van der Waals surface area contributed by atoms with E-state index < -0.39 is 0 Å². The zero-order valence-corrected chi connectivity index (χ0v) is 17.1. The van der Waals surface area contributed by atoms with E-state index in [9.17, 15) is 9.90 Å². The molecule has 2 fully saturated rings. The Bertz CT molecular complexity index is 840. The van der Waals surface area contributed by atoms with Gasteiger partial charge in [0.05, 0.1) is 11.5 Å². The summed E-state index contributed by atoms with van der Waals surface area (Å²) in [6, 6.07) is 8.55. The molecular weight excluding hydrogens is 376 g/mol. The number of anilines is 1. The highest BCUT2D eigenvalue weighted by molar-refractivity contribution is 8.26. The third-order valence-corrected chi connectivity index (χ3v) is 7.40. The average molecular weight is 401 g/mol. The van der Waals surface area contributed by atoms with Crippen molar-refractivity contribution in [2.24, 2.45) is 0 Å². The highest BCUT2D eigenvalue weighted by Gasteiger charge is 2.47. The van der Waals surface area contributed by atoms with E-state index in [2.05, 4.69) is 35.2 Å². The number of hydrogen-bond donors (Lipinski definition) is 1. The lowest BCUT2D eigenvalue weighted by atomic mass is 9.68. The summed E-state index contributed by atoms with van der Waals surface area (Å²) in [6.07, 6.45) is 9.92. The van der Waals surface area contributed by atoms with Gasteiger partial charge in [-0.2, -0.15) is 0 Å². The highest BCUT2D eigenvalue weighted by atomic mass is 32.2. The van der Waals surface area contributed by atoms with E-state index >= 15 is 0 Å². The largest absolute Gasteiger partial charge is 0.395 e. The summed E-state index contributed by atoms with van der Waals surface area (Å²) in [5, 5.41) is 9.68. The van der Waals surface area contributed by atoms with Gasteiger partial charge >= 0.3 is 0 Å². The van der Waals surface area contributed by atoms with Crippen molar-refractivity contribution >= 4 is 39.9 Å². The second-order valence-electron chi connectivity index (χ2n) is 7.35. The van der Waals surface area contributed by atoms with Gasteiger partial charge in [0, 0.05) is 30.4 Å². The van der Waals surface area contributed by atoms with Gasteiger partial charge in [0.1, 0.15) is 4.32 Å². The van der Waals surface area contributed by atoms with E-state index in [0.29, 0.717) is 15.8 Å². The molecule has 1 N–H and O–H groups in total. The Balaban J connectivity index is 1.81. The number of benzene rings is 1. The molecule has 0 unspecified atom stereocenters. The van der Waals surface area contributed by atoms with E-state index in [0.717, 1.165) is 12.8 Å². The number of thioether (sulfide) groups is 1. The number of carbonyl (C=O) groups is 1. The maximum absolute atomic E-state index is 12.4. The van der Waals surface area contributed by atoms with E-state index in [1.165, 1.54) is 52.9 Å². The number of thiocarbonyl (C=S) groups is 1. The molecule has 0 radical (unpaired) electrons. The minimum Gasteiger partial charge on any atom is -0.395 e. The van der Waals surface area contributed by atoms with Crippen LogP contribution < -0.4 is 4.90 Å². The first-order valence-corrected chi connectivity index (χ1v) is 10.7. The molecule has 3 aliphatic rings. The molecule has 2 heterocycles. The summed E-state index contributed by atoms with van der Waals surface area (Å²) >= 11 is 6.60. The quantitative estimate of drug-likeness (QED) is 0.615. The number of aliphatic hydroxyl groups excluding tert-OH is 1. The van der Waals surface area contributed by atoms with Gasteiger partial charge in [-0.3, -0.25) is 9.69 Å². The Morgan fingerprint density at radius 2 is 1.96 bits per heavy atom. The summed E-state index contributed by atoms with van der Waals surface area (Å²) in [4.78, 5) is 16.8. The van der Waals surface area contributed by atoms with Crippen molar-refractivity contribution in [3.63, 3.8) is 0 Å². The summed E-state index contributed by atoms with van der Waals surface area (Å²) < 4.78 is 0.596. The maximum atomic E-state index is 12.4. The summed E-state index contributed by atoms with van der Waals surface area (Å²) in [6.45, 7) is 0.659. The van der Waals surface area contributed by atoms with Crippen molar-refractivity contribution in [2.45, 2.75) is 37.5 Å². The van der Waals surface area contributed by atoms with Gasteiger partial charge in [-0.25, -0.2) is 0 Å². The third-order valence-electron chi connectivity index (χ3n) is 5.90. The molecule has 0 bridgehead atoms. The van der Waals surface area contributed by atoms with Crippen LogP contribution >= 0.6 is 24.0 Å². The minimum atomic E-state index is -0.0382. The third kappa shape index (κ3) is 3.04. The molecule has 4 nitrogen and oxygen atoms in total. The second kappa shape index (κ2) is 7.41. The molecule has 6 heteroatoms. The fraction of sp³-hybridized carbons (Fsp3) is 0.429. The van der Waals surface area contributed by atoms with Crippen LogP contribution in [0.5, 0.6) is 0 Å². The van der Waals surface area contributed by atoms with Gasteiger partial charge in [-0.1, -0.05) is 61.4 Å². The lowest BCUT2D eigenvalue weighted by molar-refractivity contribution is -0.121. The van der Waals surface area contributed by atoms with Crippen LogP contribution in [0.25, 0.3) is 0 Å². The molecule has 142 valence electrons. The maximum Gasteiger partial charge on any atom is 0.265 e. The van der Waals surface area contributed by atoms with Gasteiger partial charge < -0.3 is 10.0 Å². The van der Waals surface area contributed by atoms with Gasteiger partial charge in [0.15, 0.2) is 0 Å². The number of para-hydroxylation sites is 1. The molecule has 0 atom stereocenters. The number of amides is 1. The van der Waals surface area contributed by atoms with Crippen LogP contribution in [0.4, 0.5) is 5.69 Å². The average Bonchev–Trinajstić information content (AvgIpc) is 3.08. The summed E-state index contributed by atoms with van der Waals surface area (Å²) in [5.41, 5.74) is 3.75. The Labute approximate surface area is 169 Å². The molecular formula is C21H24N2O2S2. The first-order valence-electron chi connectivity index (χ1n) is 9.49. The van der Waals surface area contributed by atoms with Crippen LogP contribution in [0.15, 0.2) is 47.0 Å². The van der Waals surface area contributed by atoms with Crippen molar-refractivity contribution in [3.8, 4) is 0 Å². The Morgan fingerprint density at radius 3 is 2.63 bits per heavy atom. The molecule has 1 aromatic carbocycles. The molecule has 2 aliphatic heterocycles. The van der Waals surface area contributed by atoms with Crippen LogP contribution in [-0.2, 0) is 10.2 Å². The Kier molecular flexibility index (Phi) is 5.14. The van der Waals surface area contributed by atoms with Crippen molar-refractivity contribution in [1.82, 2.24) is 4.90 Å². The Hall–Kier alpha value is -1.63. The van der Waals surface area contributed by atoms with E-state index in [-0.39, 0.29) is 17.9 Å². The van der Waals surface area contributed by atoms with Crippen LogP contribution in [-0.4, -0.2) is 40.4 Å². The van der Waals surface area contributed by atoms with Gasteiger partial charge in [-0.05, 0) is 36.6 Å². The smallest absolute Gasteiger partial charge is 0.265 e. The lowest BCUT2D eigenvalue weighted by Crippen LogP contribution is -2.34. The van der Waals surface area contributed by atoms with Crippen molar-refractivity contribution in [3.05, 3.63) is 52.6 Å². The molecule has 1 aromatic rings. The number of β-amino-alcohol motifs (C(OH)–C–C–N with tert-alkyl or cyclic N) is 1. The fourth-order valence-corrected chi connectivity index (χ4v) is 5.75. The molecule has 1 spiro atoms. The van der Waals surface area contributed by atoms with Crippen LogP contribution in [0.2, 0.25) is 0 Å². The summed E-state index contributed by atoms with van der Waals surface area (Å²) in [7, 11) is 1.72. The number of fused-ring (bicyclic) bond motifs is 2. The van der Waals surface area contributed by atoms with Gasteiger partial charge in [0.25, 0.3) is 5.91 Å². The molecule has 1 aliphatic carbocycles. The number of rotatable bonds is 3. The second-order valence-corrected chi connectivity index (χ2v) is 9.03. The topological polar surface area (TPSA) is 43.8 Å². The predicted octanol–water partition coefficient (Wildman–Crippen LogP) is 3.96. The molecule has 27 heavy (non-hydrogen) atoms. The Morgan fingerprint density at radius 1 is 1.22 bits per heavy atom. The van der Waals surface area contributed by atoms with Crippen LogP contribution in [0, 0.1) is 0 Å². The first-order chi connectivity index (χ1) is 13.1. The highest BCUT2D eigenvalue weighted by Crippen LogP contribution is 2.55. The monoisotopic (exact) mass is 400 g/mol. The zero-order chi connectivity index (χ0) is 19.0. The molecule has 0 aromatic heterocycles. The van der Waals surface area contributed by atoms with Crippen molar-refractivity contribution in [1.29, 1.82) is 0 Å². The standard InChI is InChI=1S/C21H24N2O2S2/c1-22-19(25)17(27-20(22)26)9-10-18-21(11-5-2-6-12-21)15-7-3-4-8-16(15)23(18)13-14-24/h3-4,7-10,24H,2,5-6,11-14H2,1H3/b17-9-,18-10+. The lowest BCUT2D eigenvalue weighted by Gasteiger charge is -2.37. The van der Waals surface area contributed by atoms with Crippen LogP contribution in [0.1, 0.15) is 37.7 Å². The van der Waals surface area contributed by atoms with Crippen molar-refractivity contribution < 1.29 is 9.90 Å². The van der Waals surface area contributed by atoms with E-state index in [1.54, 1.807) is 7.05 Å². The number of nitrogens with zero attached hydrogens (tertiary/aromatic N) is 2. The number of carbonyl (C=O) groups excluding carboxylic acids is 1. The SMILES string of the molecule is CN1C(=O)/C(=C/C=C2/N(CCO)c3ccccc3C23CCCCC3)SC1=S. The van der Waals surface area contributed by atoms with Gasteiger partial charge in [-0.15, -0.1) is 0 Å². The summed E-state index contributed by atoms with van der Waals surface area (Å²) in [5.74, 6) is -0.0382. The fourth-order valence-electron chi connectivity index (χ4n) is 4.63. The molecule has 1 saturated heterocycles. The zero-order valence-electron chi connectivity index (χ0n) is 15.5. The number of likely N-dealkylation sites (N-methyl/N-ethyl adjacent to an activating group) is 1. The van der Waals surface area contributed by atoms with Gasteiger partial charge in [0.2, 0.25) is 0 Å². The molecule has 4 rings (SSSR count). The van der Waals surface area contributed by atoms with Crippen LogP contribution in [0.3, 0.4) is 0 Å². The van der Waals surface area contributed by atoms with Crippen molar-refractivity contribution in [2.75, 3.05) is 25.1 Å². The van der Waals surface area contributed by atoms with E-state index in [1.807, 2.05) is 6.08 Å². The minimum absolute atomic E-state index is 0.0141. The normalized spacial score (nSPS) is 24.5. The predicted molar refractivity (Wildman–Crippen MR) is 115 cm³/mol. The van der Waals surface area contributed by atoms with E-state index in [4.69, 9.17) is 12.2 Å². The first kappa shape index (κ1) is 18.7. The number of aliphatic hydroxyl groups is 1. The number of allylic oxidation sites excluding steroid dienone is 3. The molecule has 1 amide bonds. The number of hydrogen-bond acceptors (Lipinski definition) is 5.